The van der Waals surface area contributed by atoms with Crippen molar-refractivity contribution in [2.24, 2.45) is 5.92 Å². The van der Waals surface area contributed by atoms with Gasteiger partial charge in [-0.15, -0.1) is 0 Å². The number of carbonyl (C=O) groups is 2. The second kappa shape index (κ2) is 8.29. The van der Waals surface area contributed by atoms with E-state index in [1.54, 1.807) is 44.2 Å². The first-order chi connectivity index (χ1) is 13.2. The van der Waals surface area contributed by atoms with Crippen LogP contribution in [-0.4, -0.2) is 32.2 Å². The maximum atomic E-state index is 12.8. The van der Waals surface area contributed by atoms with E-state index in [1.165, 1.54) is 6.08 Å². The van der Waals surface area contributed by atoms with Gasteiger partial charge in [-0.25, -0.2) is 4.79 Å². The zero-order chi connectivity index (χ0) is 20.6. The summed E-state index contributed by atoms with van der Waals surface area (Å²) in [5, 5.41) is 10.4. The average Bonchev–Trinajstić information content (AvgIpc) is 3.15. The van der Waals surface area contributed by atoms with Gasteiger partial charge < -0.3 is 9.52 Å². The number of rotatable bonds is 5. The van der Waals surface area contributed by atoms with Crippen molar-refractivity contribution in [3.8, 4) is 11.3 Å². The molecule has 1 saturated heterocycles. The predicted molar refractivity (Wildman–Crippen MR) is 115 cm³/mol. The summed E-state index contributed by atoms with van der Waals surface area (Å²) >= 11 is 18.7. The summed E-state index contributed by atoms with van der Waals surface area (Å²) in [6.07, 6.45) is 1.53. The Morgan fingerprint density at radius 3 is 2.46 bits per heavy atom. The first kappa shape index (κ1) is 20.9. The number of carboxylic acids is 1. The van der Waals surface area contributed by atoms with Crippen LogP contribution < -0.4 is 0 Å². The molecule has 0 bridgehead atoms. The Morgan fingerprint density at radius 2 is 1.89 bits per heavy atom. The molecular weight excluding hydrogens is 441 g/mol. The van der Waals surface area contributed by atoms with Gasteiger partial charge in [-0.2, -0.15) is 0 Å². The fourth-order valence-corrected chi connectivity index (χ4v) is 4.73. The summed E-state index contributed by atoms with van der Waals surface area (Å²) in [6, 6.07) is 7.50. The molecule has 0 aliphatic carbocycles. The van der Waals surface area contributed by atoms with E-state index in [0.29, 0.717) is 32.0 Å². The smallest absolute Gasteiger partial charge is 0.327 e. The highest BCUT2D eigenvalue weighted by Crippen LogP contribution is 2.38. The van der Waals surface area contributed by atoms with Crippen LogP contribution in [0.3, 0.4) is 0 Å². The van der Waals surface area contributed by atoms with Crippen LogP contribution >= 0.6 is 47.2 Å². The van der Waals surface area contributed by atoms with Crippen molar-refractivity contribution in [1.82, 2.24) is 4.90 Å². The van der Waals surface area contributed by atoms with Crippen LogP contribution in [0.4, 0.5) is 0 Å². The van der Waals surface area contributed by atoms with Gasteiger partial charge in [-0.3, -0.25) is 9.69 Å². The molecule has 9 heteroatoms. The van der Waals surface area contributed by atoms with E-state index in [2.05, 4.69) is 0 Å². The number of amides is 1. The highest BCUT2D eigenvalue weighted by atomic mass is 35.5. The van der Waals surface area contributed by atoms with Crippen LogP contribution in [0.2, 0.25) is 10.0 Å². The lowest BCUT2D eigenvalue weighted by Gasteiger charge is -2.26. The highest BCUT2D eigenvalue weighted by molar-refractivity contribution is 8.26. The molecule has 1 aliphatic heterocycles. The number of hydrogen-bond donors (Lipinski definition) is 1. The SMILES string of the molecule is CC(C)C(C(=O)O)N1C(=O)/C(=C\c2ccc(-c3c(Cl)cccc3Cl)o2)SC1=S. The molecule has 0 spiro atoms. The molecule has 1 fully saturated rings. The number of halogens is 2. The summed E-state index contributed by atoms with van der Waals surface area (Å²) in [7, 11) is 0. The molecule has 1 atom stereocenters. The molecular formula is C19H15Cl2NO4S2. The molecule has 1 aliphatic rings. The van der Waals surface area contributed by atoms with Gasteiger partial charge in [0.25, 0.3) is 5.91 Å². The molecule has 2 aromatic rings. The Kier molecular flexibility index (Phi) is 6.19. The van der Waals surface area contributed by atoms with Gasteiger partial charge in [0.15, 0.2) is 0 Å². The topological polar surface area (TPSA) is 70.8 Å². The Balaban J connectivity index is 1.91. The van der Waals surface area contributed by atoms with Gasteiger partial charge in [0.2, 0.25) is 0 Å². The summed E-state index contributed by atoms with van der Waals surface area (Å²) in [6.45, 7) is 3.46. The number of carboxylic acid groups (broad SMARTS) is 1. The van der Waals surface area contributed by atoms with E-state index >= 15 is 0 Å². The largest absolute Gasteiger partial charge is 0.480 e. The minimum Gasteiger partial charge on any atom is -0.480 e. The molecule has 28 heavy (non-hydrogen) atoms. The normalized spacial score (nSPS) is 17.0. The molecule has 2 heterocycles. The first-order valence-corrected chi connectivity index (χ1v) is 10.2. The van der Waals surface area contributed by atoms with Crippen molar-refractivity contribution < 1.29 is 19.1 Å². The fraction of sp³-hybridized carbons (Fsp3) is 0.211. The zero-order valence-electron chi connectivity index (χ0n) is 14.8. The van der Waals surface area contributed by atoms with Gasteiger partial charge in [0.05, 0.1) is 20.5 Å². The number of furan rings is 1. The van der Waals surface area contributed by atoms with Gasteiger partial charge in [-0.05, 0) is 30.2 Å². The van der Waals surface area contributed by atoms with Crippen LogP contribution in [0, 0.1) is 5.92 Å². The van der Waals surface area contributed by atoms with E-state index in [4.69, 9.17) is 39.8 Å². The number of thioether (sulfide) groups is 1. The molecule has 1 aromatic heterocycles. The van der Waals surface area contributed by atoms with Crippen molar-refractivity contribution in [1.29, 1.82) is 0 Å². The zero-order valence-corrected chi connectivity index (χ0v) is 18.0. The molecule has 1 aromatic carbocycles. The predicted octanol–water partition coefficient (Wildman–Crippen LogP) is 5.56. The first-order valence-electron chi connectivity index (χ1n) is 8.24. The summed E-state index contributed by atoms with van der Waals surface area (Å²) in [5.74, 6) is -0.978. The third kappa shape index (κ3) is 3.98. The van der Waals surface area contributed by atoms with E-state index in [-0.39, 0.29) is 10.2 Å². The molecule has 5 nitrogen and oxygen atoms in total. The maximum absolute atomic E-state index is 12.8. The van der Waals surface area contributed by atoms with E-state index in [1.807, 2.05) is 0 Å². The standard InChI is InChI=1S/C19H15Cl2NO4S2/c1-9(2)16(18(24)25)22-17(23)14(28-19(22)27)8-10-6-7-13(26-10)15-11(20)4-3-5-12(15)21/h3-9,16H,1-2H3,(H,24,25)/b14-8+. The molecule has 1 unspecified atom stereocenters. The summed E-state index contributed by atoms with van der Waals surface area (Å²) in [4.78, 5) is 25.8. The number of hydrogen-bond acceptors (Lipinski definition) is 5. The Hall–Kier alpha value is -1.80. The molecule has 3 rings (SSSR count). The summed E-state index contributed by atoms with van der Waals surface area (Å²) in [5.41, 5.74) is 0.559. The Bertz CT molecular complexity index is 979. The van der Waals surface area contributed by atoms with Crippen LogP contribution in [0.15, 0.2) is 39.7 Å². The second-order valence-electron chi connectivity index (χ2n) is 6.38. The third-order valence-corrected chi connectivity index (χ3v) is 6.06. The maximum Gasteiger partial charge on any atom is 0.327 e. The lowest BCUT2D eigenvalue weighted by atomic mass is 10.0. The quantitative estimate of drug-likeness (QED) is 0.469. The number of thiocarbonyl (C=S) groups is 1. The lowest BCUT2D eigenvalue weighted by Crippen LogP contribution is -2.47. The van der Waals surface area contributed by atoms with Crippen molar-refractivity contribution in [3.05, 3.63) is 51.0 Å². The monoisotopic (exact) mass is 455 g/mol. The molecule has 146 valence electrons. The number of carbonyl (C=O) groups excluding carboxylic acids is 1. The number of benzene rings is 1. The molecule has 0 saturated carbocycles. The Morgan fingerprint density at radius 1 is 1.25 bits per heavy atom. The van der Waals surface area contributed by atoms with Gasteiger partial charge >= 0.3 is 5.97 Å². The number of nitrogens with zero attached hydrogens (tertiary/aromatic N) is 1. The summed E-state index contributed by atoms with van der Waals surface area (Å²) < 4.78 is 5.99. The van der Waals surface area contributed by atoms with Gasteiger partial charge in [-0.1, -0.05) is 67.1 Å². The lowest BCUT2D eigenvalue weighted by molar-refractivity contribution is -0.146. The van der Waals surface area contributed by atoms with Crippen molar-refractivity contribution in [2.75, 3.05) is 0 Å². The Labute approximate surface area is 181 Å². The van der Waals surface area contributed by atoms with E-state index in [9.17, 15) is 14.7 Å². The number of aliphatic carboxylic acids is 1. The van der Waals surface area contributed by atoms with Crippen LogP contribution in [0.5, 0.6) is 0 Å². The van der Waals surface area contributed by atoms with E-state index in [0.717, 1.165) is 16.7 Å². The van der Waals surface area contributed by atoms with Crippen LogP contribution in [-0.2, 0) is 9.59 Å². The average molecular weight is 456 g/mol. The van der Waals surface area contributed by atoms with Gasteiger partial charge in [0, 0.05) is 6.08 Å². The molecule has 0 radical (unpaired) electrons. The van der Waals surface area contributed by atoms with Crippen molar-refractivity contribution in [3.63, 3.8) is 0 Å². The van der Waals surface area contributed by atoms with Crippen LogP contribution in [0.25, 0.3) is 17.4 Å². The van der Waals surface area contributed by atoms with Crippen molar-refractivity contribution in [2.45, 2.75) is 19.9 Å². The molecule has 1 N–H and O–H groups in total. The highest BCUT2D eigenvalue weighted by Gasteiger charge is 2.42. The van der Waals surface area contributed by atoms with Crippen LogP contribution in [0.1, 0.15) is 19.6 Å². The minimum atomic E-state index is -1.10. The second-order valence-corrected chi connectivity index (χ2v) is 8.87. The van der Waals surface area contributed by atoms with Crippen molar-refractivity contribution >= 4 is 69.5 Å². The minimum absolute atomic E-state index is 0.207. The third-order valence-electron chi connectivity index (χ3n) is 4.10. The van der Waals surface area contributed by atoms with Gasteiger partial charge in [0.1, 0.15) is 21.9 Å². The molecule has 1 amide bonds. The fourth-order valence-electron chi connectivity index (χ4n) is 2.84. The van der Waals surface area contributed by atoms with E-state index < -0.39 is 17.9 Å².